The number of halogens is 3. The predicted molar refractivity (Wildman–Crippen MR) is 110 cm³/mol. The Morgan fingerprint density at radius 1 is 1.03 bits per heavy atom. The quantitative estimate of drug-likeness (QED) is 0.464. The van der Waals surface area contributed by atoms with Crippen LogP contribution in [0.2, 0.25) is 0 Å². The molecule has 0 radical (unpaired) electrons. The number of ether oxygens (including phenoxy) is 2. The first-order chi connectivity index (χ1) is 14.2. The summed E-state index contributed by atoms with van der Waals surface area (Å²) in [6.45, 7) is 0.819. The van der Waals surface area contributed by atoms with E-state index < -0.39 is 15.6 Å². The second-order valence-electron chi connectivity index (χ2n) is 7.03. The Labute approximate surface area is 177 Å². The van der Waals surface area contributed by atoms with Crippen molar-refractivity contribution in [3.63, 3.8) is 0 Å². The average molecular weight is 465 g/mol. The molecule has 30 heavy (non-hydrogen) atoms. The van der Waals surface area contributed by atoms with Crippen LogP contribution in [0.25, 0.3) is 10.8 Å². The molecule has 2 aliphatic rings. The van der Waals surface area contributed by atoms with Gasteiger partial charge in [0.1, 0.15) is 5.75 Å². The van der Waals surface area contributed by atoms with Gasteiger partial charge in [-0.1, -0.05) is 30.3 Å². The van der Waals surface area contributed by atoms with Crippen molar-refractivity contribution in [2.45, 2.75) is 49.2 Å². The molecule has 166 valence electrons. The van der Waals surface area contributed by atoms with E-state index in [1.807, 2.05) is 0 Å². The van der Waals surface area contributed by atoms with Crippen molar-refractivity contribution in [2.24, 2.45) is 0 Å². The summed E-state index contributed by atoms with van der Waals surface area (Å²) in [5.41, 5.74) is -4.07. The van der Waals surface area contributed by atoms with Gasteiger partial charge in [-0.15, -0.1) is 0 Å². The van der Waals surface area contributed by atoms with Crippen LogP contribution in [0.3, 0.4) is 0 Å². The van der Waals surface area contributed by atoms with E-state index in [2.05, 4.69) is 48.2 Å². The van der Waals surface area contributed by atoms with Crippen molar-refractivity contribution < 1.29 is 35.6 Å². The second kappa shape index (κ2) is 9.76. The van der Waals surface area contributed by atoms with Crippen LogP contribution < -0.4 is 4.74 Å². The molecule has 0 amide bonds. The summed E-state index contributed by atoms with van der Waals surface area (Å²) < 4.78 is 69.4. The zero-order chi connectivity index (χ0) is 21.8. The van der Waals surface area contributed by atoms with Crippen molar-refractivity contribution in [2.75, 3.05) is 12.4 Å². The van der Waals surface area contributed by atoms with E-state index in [1.54, 1.807) is 0 Å². The topological polar surface area (TPSA) is 72.8 Å². The summed E-state index contributed by atoms with van der Waals surface area (Å²) in [5, 5.41) is 3.21. The molecular formula is C20H23F3O5S2. The molecule has 2 fully saturated rings. The average Bonchev–Trinajstić information content (AvgIpc) is 3.23. The van der Waals surface area contributed by atoms with Crippen molar-refractivity contribution in [3.05, 3.63) is 42.0 Å². The third kappa shape index (κ3) is 5.81. The molecule has 4 rings (SSSR count). The lowest BCUT2D eigenvalue weighted by Crippen LogP contribution is -2.25. The van der Waals surface area contributed by atoms with Crippen LogP contribution in [-0.2, 0) is 14.9 Å². The van der Waals surface area contributed by atoms with E-state index in [0.717, 1.165) is 25.2 Å². The molecule has 2 aliphatic heterocycles. The Morgan fingerprint density at radius 2 is 1.73 bits per heavy atom. The van der Waals surface area contributed by atoms with Crippen molar-refractivity contribution in [1.29, 1.82) is 0 Å². The highest BCUT2D eigenvalue weighted by Crippen LogP contribution is 2.44. The summed E-state index contributed by atoms with van der Waals surface area (Å²) in [6.07, 6.45) is 5.88. The fourth-order valence-electron chi connectivity index (χ4n) is 3.45. The SMILES string of the molecule is O=S(=O)(O)C(F)(F)F.c1ccc2c(C3CCCS3)ccc(OC3CCCCO3)c2c1. The molecule has 2 aromatic carbocycles. The maximum atomic E-state index is 10.7. The van der Waals surface area contributed by atoms with Crippen LogP contribution in [0.4, 0.5) is 13.2 Å². The molecule has 2 aromatic rings. The lowest BCUT2D eigenvalue weighted by molar-refractivity contribution is -0.105. The summed E-state index contributed by atoms with van der Waals surface area (Å²) >= 11 is 2.09. The Hall–Kier alpha value is -1.49. The van der Waals surface area contributed by atoms with E-state index >= 15 is 0 Å². The predicted octanol–water partition coefficient (Wildman–Crippen LogP) is 5.71. The fraction of sp³-hybridized carbons (Fsp3) is 0.500. The van der Waals surface area contributed by atoms with Crippen molar-refractivity contribution in [1.82, 2.24) is 0 Å². The number of alkyl halides is 3. The molecule has 5 nitrogen and oxygen atoms in total. The van der Waals surface area contributed by atoms with Gasteiger partial charge >= 0.3 is 15.6 Å². The standard InChI is InChI=1S/C19H22O2S.CHF3O3S/c1-2-7-15-14(6-1)16(18-8-5-13-22-18)10-11-17(15)21-19-9-3-4-12-20-19;2-1(3,4)8(5,6)7/h1-2,6-7,10-11,18-19H,3-5,8-9,12-13H2;(H,5,6,7). The first-order valence-corrected chi connectivity index (χ1v) is 12.1. The van der Waals surface area contributed by atoms with Crippen molar-refractivity contribution in [3.8, 4) is 5.75 Å². The molecule has 0 aliphatic carbocycles. The van der Waals surface area contributed by atoms with Gasteiger partial charge in [-0.25, -0.2) is 0 Å². The van der Waals surface area contributed by atoms with Crippen LogP contribution >= 0.6 is 11.8 Å². The highest BCUT2D eigenvalue weighted by molar-refractivity contribution is 7.99. The molecule has 2 atom stereocenters. The minimum Gasteiger partial charge on any atom is -0.464 e. The van der Waals surface area contributed by atoms with Gasteiger partial charge < -0.3 is 9.47 Å². The van der Waals surface area contributed by atoms with E-state index in [4.69, 9.17) is 22.4 Å². The van der Waals surface area contributed by atoms with E-state index in [1.165, 1.54) is 41.4 Å². The molecule has 2 unspecified atom stereocenters. The fourth-order valence-corrected chi connectivity index (χ4v) is 4.78. The highest BCUT2D eigenvalue weighted by Gasteiger charge is 2.44. The minimum absolute atomic E-state index is 0.0798. The van der Waals surface area contributed by atoms with Crippen LogP contribution in [0.5, 0.6) is 5.75 Å². The third-order valence-corrected chi connectivity index (χ3v) is 6.88. The second-order valence-corrected chi connectivity index (χ2v) is 9.76. The zero-order valence-corrected chi connectivity index (χ0v) is 17.7. The maximum Gasteiger partial charge on any atom is 0.522 e. The van der Waals surface area contributed by atoms with Gasteiger partial charge in [-0.05, 0) is 48.5 Å². The molecule has 0 aromatic heterocycles. The van der Waals surface area contributed by atoms with Crippen LogP contribution in [0, 0.1) is 0 Å². The number of benzene rings is 2. The van der Waals surface area contributed by atoms with E-state index in [-0.39, 0.29) is 6.29 Å². The highest BCUT2D eigenvalue weighted by atomic mass is 32.2. The van der Waals surface area contributed by atoms with Crippen LogP contribution in [0.1, 0.15) is 42.9 Å². The molecule has 1 N–H and O–H groups in total. The lowest BCUT2D eigenvalue weighted by Gasteiger charge is -2.24. The first kappa shape index (κ1) is 23.2. The van der Waals surface area contributed by atoms with Crippen LogP contribution in [0.15, 0.2) is 36.4 Å². The molecule has 2 saturated heterocycles. The van der Waals surface area contributed by atoms with Crippen LogP contribution in [-0.4, -0.2) is 37.1 Å². The Balaban J connectivity index is 0.000000275. The van der Waals surface area contributed by atoms with Gasteiger partial charge in [0, 0.05) is 17.1 Å². The number of hydrogen-bond donors (Lipinski definition) is 1. The Bertz CT molecular complexity index is 951. The first-order valence-electron chi connectivity index (χ1n) is 9.62. The van der Waals surface area contributed by atoms with E-state index in [0.29, 0.717) is 5.25 Å². The van der Waals surface area contributed by atoms with E-state index in [9.17, 15) is 13.2 Å². The minimum atomic E-state index is -5.84. The van der Waals surface area contributed by atoms with Crippen molar-refractivity contribution >= 4 is 32.7 Å². The van der Waals surface area contributed by atoms with Gasteiger partial charge in [0.2, 0.25) is 0 Å². The largest absolute Gasteiger partial charge is 0.522 e. The number of rotatable bonds is 3. The number of thioether (sulfide) groups is 1. The Morgan fingerprint density at radius 3 is 2.30 bits per heavy atom. The zero-order valence-electron chi connectivity index (χ0n) is 16.1. The Kier molecular flexibility index (Phi) is 7.54. The third-order valence-electron chi connectivity index (χ3n) is 4.88. The molecular weight excluding hydrogens is 441 g/mol. The van der Waals surface area contributed by atoms with Gasteiger partial charge in [-0.2, -0.15) is 33.4 Å². The maximum absolute atomic E-state index is 10.7. The summed E-state index contributed by atoms with van der Waals surface area (Å²) in [4.78, 5) is 0. The molecule has 0 bridgehead atoms. The van der Waals surface area contributed by atoms with Gasteiger partial charge in [0.15, 0.2) is 6.29 Å². The normalized spacial score (nSPS) is 22.4. The lowest BCUT2D eigenvalue weighted by atomic mass is 9.99. The molecule has 10 heteroatoms. The molecule has 0 saturated carbocycles. The summed E-state index contributed by atoms with van der Waals surface area (Å²) in [6, 6.07) is 13.1. The smallest absolute Gasteiger partial charge is 0.464 e. The number of hydrogen-bond acceptors (Lipinski definition) is 5. The monoisotopic (exact) mass is 464 g/mol. The van der Waals surface area contributed by atoms with Gasteiger partial charge in [0.05, 0.1) is 6.61 Å². The summed E-state index contributed by atoms with van der Waals surface area (Å²) in [7, 11) is -5.84. The summed E-state index contributed by atoms with van der Waals surface area (Å²) in [5.74, 6) is 2.25. The van der Waals surface area contributed by atoms with Gasteiger partial charge in [-0.3, -0.25) is 4.55 Å². The molecule has 2 heterocycles. The number of fused-ring (bicyclic) bond motifs is 1. The molecule has 0 spiro atoms. The van der Waals surface area contributed by atoms with Gasteiger partial charge in [0.25, 0.3) is 0 Å².